The number of hydrogen-bond acceptors (Lipinski definition) is 3. The molecule has 0 aliphatic rings. The van der Waals surface area contributed by atoms with E-state index < -0.39 is 0 Å². The van der Waals surface area contributed by atoms with E-state index in [4.69, 9.17) is 34.8 Å². The maximum absolute atomic E-state index is 11.9. The summed E-state index contributed by atoms with van der Waals surface area (Å²) in [6.45, 7) is 1.63. The first-order chi connectivity index (χ1) is 11.9. The summed E-state index contributed by atoms with van der Waals surface area (Å²) in [6, 6.07) is 10.1. The molecule has 0 atom stereocenters. The van der Waals surface area contributed by atoms with Gasteiger partial charge in [0.25, 0.3) is 0 Å². The second kappa shape index (κ2) is 8.94. The Bertz CT molecular complexity index is 797. The summed E-state index contributed by atoms with van der Waals surface area (Å²) >= 11 is 17.8. The van der Waals surface area contributed by atoms with Crippen LogP contribution in [0.4, 0.5) is 11.4 Å². The van der Waals surface area contributed by atoms with Gasteiger partial charge in [-0.05, 0) is 42.8 Å². The Hall–Kier alpha value is -1.95. The van der Waals surface area contributed by atoms with Crippen molar-refractivity contribution in [1.82, 2.24) is 5.32 Å². The Kier molecular flexibility index (Phi) is 6.93. The molecule has 0 spiro atoms. The number of halogens is 3. The highest BCUT2D eigenvalue weighted by Crippen LogP contribution is 2.25. The van der Waals surface area contributed by atoms with Crippen molar-refractivity contribution in [3.8, 4) is 0 Å². The van der Waals surface area contributed by atoms with Crippen molar-refractivity contribution in [3.05, 3.63) is 57.0 Å². The quantitative estimate of drug-likeness (QED) is 0.683. The SMILES string of the molecule is Cc1c(Cl)cccc1NC(=O)CNC(=O)CNc1ccc(Cl)cc1Cl. The third kappa shape index (κ3) is 5.81. The van der Waals surface area contributed by atoms with Crippen LogP contribution in [0, 0.1) is 6.92 Å². The molecule has 3 N–H and O–H groups in total. The summed E-state index contributed by atoms with van der Waals surface area (Å²) < 4.78 is 0. The van der Waals surface area contributed by atoms with E-state index >= 15 is 0 Å². The van der Waals surface area contributed by atoms with E-state index in [0.717, 1.165) is 5.56 Å². The van der Waals surface area contributed by atoms with Gasteiger partial charge < -0.3 is 16.0 Å². The van der Waals surface area contributed by atoms with E-state index in [0.29, 0.717) is 26.4 Å². The number of benzene rings is 2. The molecule has 2 amide bonds. The molecular weight excluding hydrogens is 385 g/mol. The fourth-order valence-electron chi connectivity index (χ4n) is 1.99. The molecule has 0 fully saturated rings. The van der Waals surface area contributed by atoms with Crippen molar-refractivity contribution in [2.24, 2.45) is 0 Å². The summed E-state index contributed by atoms with van der Waals surface area (Å²) in [4.78, 5) is 23.7. The lowest BCUT2D eigenvalue weighted by atomic mass is 10.2. The lowest BCUT2D eigenvalue weighted by Gasteiger charge is -2.11. The van der Waals surface area contributed by atoms with Crippen molar-refractivity contribution >= 4 is 58.0 Å². The average molecular weight is 401 g/mol. The molecule has 0 saturated carbocycles. The molecule has 0 aliphatic carbocycles. The van der Waals surface area contributed by atoms with Crippen molar-refractivity contribution in [2.45, 2.75) is 6.92 Å². The number of nitrogens with one attached hydrogen (secondary N) is 3. The molecular formula is C17H16Cl3N3O2. The molecule has 0 heterocycles. The monoisotopic (exact) mass is 399 g/mol. The van der Waals surface area contributed by atoms with Crippen molar-refractivity contribution in [1.29, 1.82) is 0 Å². The van der Waals surface area contributed by atoms with Gasteiger partial charge in [0.05, 0.1) is 23.8 Å². The van der Waals surface area contributed by atoms with E-state index in [1.807, 2.05) is 0 Å². The summed E-state index contributed by atoms with van der Waals surface area (Å²) in [6.07, 6.45) is 0. The van der Waals surface area contributed by atoms with Gasteiger partial charge in [-0.1, -0.05) is 40.9 Å². The number of rotatable bonds is 6. The summed E-state index contributed by atoms with van der Waals surface area (Å²) in [7, 11) is 0. The largest absolute Gasteiger partial charge is 0.375 e. The first-order valence-corrected chi connectivity index (χ1v) is 8.51. The number of hydrogen-bond donors (Lipinski definition) is 3. The second-order valence-corrected chi connectivity index (χ2v) is 6.47. The lowest BCUT2D eigenvalue weighted by molar-refractivity contribution is -0.122. The molecule has 8 heteroatoms. The van der Waals surface area contributed by atoms with Crippen LogP contribution in [-0.2, 0) is 9.59 Å². The molecule has 2 rings (SSSR count). The number of anilines is 2. The molecule has 0 aromatic heterocycles. The summed E-state index contributed by atoms with van der Waals surface area (Å²) in [5, 5.41) is 9.58. The topological polar surface area (TPSA) is 70.2 Å². The van der Waals surface area contributed by atoms with Gasteiger partial charge in [-0.3, -0.25) is 9.59 Å². The van der Waals surface area contributed by atoms with Crippen LogP contribution in [0.2, 0.25) is 15.1 Å². The van der Waals surface area contributed by atoms with Gasteiger partial charge in [0.15, 0.2) is 0 Å². The third-order valence-electron chi connectivity index (χ3n) is 3.36. The van der Waals surface area contributed by atoms with E-state index in [1.54, 1.807) is 43.3 Å². The molecule has 2 aromatic carbocycles. The molecule has 2 aromatic rings. The van der Waals surface area contributed by atoms with Crippen LogP contribution in [0.3, 0.4) is 0 Å². The molecule has 132 valence electrons. The van der Waals surface area contributed by atoms with Crippen LogP contribution in [0.5, 0.6) is 0 Å². The van der Waals surface area contributed by atoms with Crippen LogP contribution in [-0.4, -0.2) is 24.9 Å². The van der Waals surface area contributed by atoms with Gasteiger partial charge in [0.2, 0.25) is 11.8 Å². The van der Waals surface area contributed by atoms with Gasteiger partial charge in [0.1, 0.15) is 0 Å². The zero-order valence-electron chi connectivity index (χ0n) is 13.3. The minimum Gasteiger partial charge on any atom is -0.375 e. The fourth-order valence-corrected chi connectivity index (χ4v) is 2.64. The normalized spacial score (nSPS) is 10.2. The summed E-state index contributed by atoms with van der Waals surface area (Å²) in [5.41, 5.74) is 1.96. The molecule has 0 aliphatic heterocycles. The maximum Gasteiger partial charge on any atom is 0.243 e. The Morgan fingerprint density at radius 2 is 1.68 bits per heavy atom. The Balaban J connectivity index is 1.79. The molecule has 0 radical (unpaired) electrons. The highest BCUT2D eigenvalue weighted by Gasteiger charge is 2.09. The second-order valence-electron chi connectivity index (χ2n) is 5.22. The smallest absolute Gasteiger partial charge is 0.243 e. The lowest BCUT2D eigenvalue weighted by Crippen LogP contribution is -2.36. The summed E-state index contributed by atoms with van der Waals surface area (Å²) in [5.74, 6) is -0.688. The van der Waals surface area contributed by atoms with Crippen molar-refractivity contribution in [2.75, 3.05) is 23.7 Å². The predicted molar refractivity (Wildman–Crippen MR) is 103 cm³/mol. The number of carbonyl (C=O) groups is 2. The molecule has 25 heavy (non-hydrogen) atoms. The zero-order chi connectivity index (χ0) is 18.4. The highest BCUT2D eigenvalue weighted by atomic mass is 35.5. The highest BCUT2D eigenvalue weighted by molar-refractivity contribution is 6.36. The van der Waals surface area contributed by atoms with Crippen LogP contribution >= 0.6 is 34.8 Å². The first kappa shape index (κ1) is 19.4. The first-order valence-electron chi connectivity index (χ1n) is 7.37. The van der Waals surface area contributed by atoms with Crippen molar-refractivity contribution in [3.63, 3.8) is 0 Å². The van der Waals surface area contributed by atoms with Gasteiger partial charge >= 0.3 is 0 Å². The van der Waals surface area contributed by atoms with Crippen LogP contribution < -0.4 is 16.0 Å². The van der Waals surface area contributed by atoms with E-state index in [2.05, 4.69) is 16.0 Å². The van der Waals surface area contributed by atoms with Crippen molar-refractivity contribution < 1.29 is 9.59 Å². The minimum absolute atomic E-state index is 0.0230. The van der Waals surface area contributed by atoms with Gasteiger partial charge in [0, 0.05) is 15.7 Å². The van der Waals surface area contributed by atoms with E-state index in [9.17, 15) is 9.59 Å². The van der Waals surface area contributed by atoms with Gasteiger partial charge in [-0.2, -0.15) is 0 Å². The zero-order valence-corrected chi connectivity index (χ0v) is 15.6. The molecule has 0 bridgehead atoms. The maximum atomic E-state index is 11.9. The van der Waals surface area contributed by atoms with Gasteiger partial charge in [-0.25, -0.2) is 0 Å². The van der Waals surface area contributed by atoms with Gasteiger partial charge in [-0.15, -0.1) is 0 Å². The standard InChI is InChI=1S/C17H16Cl3N3O2/c1-10-12(19)3-2-4-14(10)23-17(25)9-22-16(24)8-21-15-6-5-11(18)7-13(15)20/h2-7,21H,8-9H2,1H3,(H,22,24)(H,23,25). The molecule has 0 unspecified atom stereocenters. The van der Waals surface area contributed by atoms with Crippen LogP contribution in [0.25, 0.3) is 0 Å². The predicted octanol–water partition coefficient (Wildman–Crippen LogP) is 4.12. The average Bonchev–Trinajstić information content (AvgIpc) is 2.56. The third-order valence-corrected chi connectivity index (χ3v) is 4.32. The Labute approximate surface area is 160 Å². The van der Waals surface area contributed by atoms with Crippen LogP contribution in [0.1, 0.15) is 5.56 Å². The number of carbonyl (C=O) groups excluding carboxylic acids is 2. The van der Waals surface area contributed by atoms with E-state index in [-0.39, 0.29) is 24.9 Å². The minimum atomic E-state index is -0.344. The molecule has 0 saturated heterocycles. The fraction of sp³-hybridized carbons (Fsp3) is 0.176. The number of amides is 2. The van der Waals surface area contributed by atoms with Crippen LogP contribution in [0.15, 0.2) is 36.4 Å². The Morgan fingerprint density at radius 1 is 0.920 bits per heavy atom. The molecule has 5 nitrogen and oxygen atoms in total. The Morgan fingerprint density at radius 3 is 2.40 bits per heavy atom. The van der Waals surface area contributed by atoms with E-state index in [1.165, 1.54) is 0 Å².